The maximum absolute atomic E-state index is 13.4. The first kappa shape index (κ1) is 14.0. The van der Waals surface area contributed by atoms with E-state index in [-0.39, 0.29) is 11.7 Å². The lowest BCUT2D eigenvalue weighted by Gasteiger charge is -2.11. The Balaban J connectivity index is 2.25. The first-order valence-electron chi connectivity index (χ1n) is 6.16. The zero-order valence-corrected chi connectivity index (χ0v) is 11.3. The van der Waals surface area contributed by atoms with Gasteiger partial charge in [0.25, 0.3) is 5.91 Å². The maximum atomic E-state index is 13.4. The van der Waals surface area contributed by atoms with E-state index in [2.05, 4.69) is 10.7 Å². The minimum Gasteiger partial charge on any atom is -0.323 e. The summed E-state index contributed by atoms with van der Waals surface area (Å²) in [5, 5.41) is 2.65. The summed E-state index contributed by atoms with van der Waals surface area (Å²) >= 11 is 0. The predicted molar refractivity (Wildman–Crippen MR) is 78.1 cm³/mol. The number of nitrogens with two attached hydrogens (primary N) is 1. The van der Waals surface area contributed by atoms with Crippen LogP contribution in [0, 0.1) is 19.7 Å². The van der Waals surface area contributed by atoms with Gasteiger partial charge in [0.15, 0.2) is 0 Å². The predicted octanol–water partition coefficient (Wildman–Crippen LogP) is 2.98. The van der Waals surface area contributed by atoms with E-state index in [1.807, 2.05) is 13.0 Å². The molecule has 1 amide bonds. The zero-order chi connectivity index (χ0) is 14.7. The Morgan fingerprint density at radius 2 is 1.90 bits per heavy atom. The third-order valence-corrected chi connectivity index (χ3v) is 3.00. The van der Waals surface area contributed by atoms with Crippen molar-refractivity contribution in [2.24, 2.45) is 5.84 Å². The van der Waals surface area contributed by atoms with Gasteiger partial charge in [-0.3, -0.25) is 10.6 Å². The van der Waals surface area contributed by atoms with Gasteiger partial charge >= 0.3 is 0 Å². The average molecular weight is 273 g/mol. The van der Waals surface area contributed by atoms with Crippen LogP contribution < -0.4 is 16.6 Å². The van der Waals surface area contributed by atoms with E-state index in [0.717, 1.165) is 5.56 Å². The first-order valence-corrected chi connectivity index (χ1v) is 6.16. The van der Waals surface area contributed by atoms with E-state index in [4.69, 9.17) is 5.84 Å². The molecule has 2 rings (SSSR count). The minimum atomic E-state index is -0.358. The first-order chi connectivity index (χ1) is 9.51. The van der Waals surface area contributed by atoms with Crippen molar-refractivity contribution in [2.45, 2.75) is 13.8 Å². The number of benzene rings is 2. The molecule has 0 bridgehead atoms. The van der Waals surface area contributed by atoms with Crippen LogP contribution in [0.3, 0.4) is 0 Å². The molecule has 0 spiro atoms. The Morgan fingerprint density at radius 1 is 1.15 bits per heavy atom. The van der Waals surface area contributed by atoms with Crippen molar-refractivity contribution in [1.29, 1.82) is 0 Å². The van der Waals surface area contributed by atoms with E-state index in [1.54, 1.807) is 31.2 Å². The van der Waals surface area contributed by atoms with Gasteiger partial charge in [-0.1, -0.05) is 12.1 Å². The van der Waals surface area contributed by atoms with Gasteiger partial charge in [0.05, 0.1) is 11.3 Å². The minimum absolute atomic E-state index is 0.346. The molecular weight excluding hydrogens is 257 g/mol. The van der Waals surface area contributed by atoms with E-state index in [1.165, 1.54) is 6.07 Å². The molecular formula is C15H16FN3O. The fourth-order valence-electron chi connectivity index (χ4n) is 1.84. The lowest BCUT2D eigenvalue weighted by atomic mass is 10.1. The Kier molecular flexibility index (Phi) is 4.00. The van der Waals surface area contributed by atoms with Crippen LogP contribution in [0.2, 0.25) is 0 Å². The van der Waals surface area contributed by atoms with Gasteiger partial charge in [0.2, 0.25) is 0 Å². The van der Waals surface area contributed by atoms with E-state index in [0.29, 0.717) is 22.5 Å². The average Bonchev–Trinajstić information content (AvgIpc) is 2.42. The second-order valence-corrected chi connectivity index (χ2v) is 4.61. The number of nitrogen functional groups attached to an aromatic ring is 1. The van der Waals surface area contributed by atoms with Gasteiger partial charge in [0, 0.05) is 5.69 Å². The second kappa shape index (κ2) is 5.71. The molecule has 0 saturated carbocycles. The van der Waals surface area contributed by atoms with Crippen LogP contribution in [0.15, 0.2) is 36.4 Å². The Labute approximate surface area is 116 Å². The number of carbonyl (C=O) groups excluding carboxylic acids is 1. The quantitative estimate of drug-likeness (QED) is 0.595. The lowest BCUT2D eigenvalue weighted by Crippen LogP contribution is -2.17. The summed E-state index contributed by atoms with van der Waals surface area (Å²) in [7, 11) is 0. The fraction of sp³-hybridized carbons (Fsp3) is 0.133. The number of nitrogens with one attached hydrogen (secondary N) is 2. The summed E-state index contributed by atoms with van der Waals surface area (Å²) < 4.78 is 13.4. The van der Waals surface area contributed by atoms with Crippen LogP contribution in [0.25, 0.3) is 0 Å². The van der Waals surface area contributed by atoms with Crippen molar-refractivity contribution in [2.75, 3.05) is 10.7 Å². The monoisotopic (exact) mass is 273 g/mol. The van der Waals surface area contributed by atoms with Crippen molar-refractivity contribution in [1.82, 2.24) is 0 Å². The SMILES string of the molecule is Cc1ccc(C(=O)Nc2ccc(C)c(F)c2)c(NN)c1. The number of hydrogen-bond acceptors (Lipinski definition) is 3. The Bertz CT molecular complexity index is 656. The standard InChI is InChI=1S/C15H16FN3O/c1-9-3-6-12(14(7-9)19-17)15(20)18-11-5-4-10(2)13(16)8-11/h3-8,19H,17H2,1-2H3,(H,18,20). The van der Waals surface area contributed by atoms with Crippen LogP contribution in [0.4, 0.5) is 15.8 Å². The molecule has 4 N–H and O–H groups in total. The molecule has 0 radical (unpaired) electrons. The molecule has 0 atom stereocenters. The molecule has 0 heterocycles. The zero-order valence-electron chi connectivity index (χ0n) is 11.3. The highest BCUT2D eigenvalue weighted by molar-refractivity contribution is 6.08. The topological polar surface area (TPSA) is 67.2 Å². The molecule has 4 nitrogen and oxygen atoms in total. The third kappa shape index (κ3) is 2.95. The molecule has 0 fully saturated rings. The molecule has 0 unspecified atom stereocenters. The third-order valence-electron chi connectivity index (χ3n) is 3.00. The van der Waals surface area contributed by atoms with Crippen molar-refractivity contribution in [3.8, 4) is 0 Å². The number of halogens is 1. The van der Waals surface area contributed by atoms with Gasteiger partial charge in [-0.25, -0.2) is 4.39 Å². The summed E-state index contributed by atoms with van der Waals surface area (Å²) in [4.78, 5) is 12.2. The maximum Gasteiger partial charge on any atom is 0.257 e. The van der Waals surface area contributed by atoms with Gasteiger partial charge in [-0.15, -0.1) is 0 Å². The number of amides is 1. The number of hydrogen-bond donors (Lipinski definition) is 3. The fourth-order valence-corrected chi connectivity index (χ4v) is 1.84. The number of rotatable bonds is 3. The number of hydrazine groups is 1. The normalized spacial score (nSPS) is 10.2. The van der Waals surface area contributed by atoms with Crippen LogP contribution in [-0.2, 0) is 0 Å². The summed E-state index contributed by atoms with van der Waals surface area (Å²) in [6, 6.07) is 9.81. The number of carbonyl (C=O) groups is 1. The smallest absolute Gasteiger partial charge is 0.257 e. The molecule has 0 aromatic heterocycles. The summed E-state index contributed by atoms with van der Waals surface area (Å²) in [6.45, 7) is 3.56. The van der Waals surface area contributed by atoms with Crippen LogP contribution >= 0.6 is 0 Å². The van der Waals surface area contributed by atoms with E-state index < -0.39 is 0 Å². The number of aryl methyl sites for hydroxylation is 2. The van der Waals surface area contributed by atoms with Crippen LogP contribution in [0.5, 0.6) is 0 Å². The summed E-state index contributed by atoms with van der Waals surface area (Å²) in [5.74, 6) is 4.70. The molecule has 5 heteroatoms. The number of anilines is 2. The summed E-state index contributed by atoms with van der Waals surface area (Å²) in [6.07, 6.45) is 0. The molecule has 0 aliphatic heterocycles. The molecule has 2 aromatic rings. The lowest BCUT2D eigenvalue weighted by molar-refractivity contribution is 0.102. The highest BCUT2D eigenvalue weighted by Crippen LogP contribution is 2.19. The van der Waals surface area contributed by atoms with Crippen molar-refractivity contribution < 1.29 is 9.18 Å². The van der Waals surface area contributed by atoms with Crippen molar-refractivity contribution in [3.63, 3.8) is 0 Å². The Morgan fingerprint density at radius 3 is 2.55 bits per heavy atom. The van der Waals surface area contributed by atoms with Crippen molar-refractivity contribution in [3.05, 3.63) is 58.9 Å². The van der Waals surface area contributed by atoms with E-state index in [9.17, 15) is 9.18 Å². The molecule has 0 saturated heterocycles. The highest BCUT2D eigenvalue weighted by Gasteiger charge is 2.12. The largest absolute Gasteiger partial charge is 0.323 e. The molecule has 0 aliphatic rings. The van der Waals surface area contributed by atoms with Gasteiger partial charge in [-0.2, -0.15) is 0 Å². The second-order valence-electron chi connectivity index (χ2n) is 4.61. The molecule has 104 valence electrons. The Hall–Kier alpha value is -2.40. The van der Waals surface area contributed by atoms with Crippen LogP contribution in [-0.4, -0.2) is 5.91 Å². The van der Waals surface area contributed by atoms with Crippen molar-refractivity contribution >= 4 is 17.3 Å². The van der Waals surface area contributed by atoms with Gasteiger partial charge in [0.1, 0.15) is 5.82 Å². The van der Waals surface area contributed by atoms with E-state index >= 15 is 0 Å². The molecule has 20 heavy (non-hydrogen) atoms. The van der Waals surface area contributed by atoms with Crippen LogP contribution in [0.1, 0.15) is 21.5 Å². The summed E-state index contributed by atoms with van der Waals surface area (Å²) in [5.41, 5.74) is 5.33. The molecule has 0 aliphatic carbocycles. The molecule has 2 aromatic carbocycles. The van der Waals surface area contributed by atoms with Gasteiger partial charge in [-0.05, 0) is 49.2 Å². The van der Waals surface area contributed by atoms with Gasteiger partial charge < -0.3 is 10.7 Å². The highest BCUT2D eigenvalue weighted by atomic mass is 19.1.